The van der Waals surface area contributed by atoms with Gasteiger partial charge in [-0.1, -0.05) is 24.6 Å². The number of carbonyl (C=O) groups is 2. The Morgan fingerprint density at radius 1 is 1.32 bits per heavy atom. The summed E-state index contributed by atoms with van der Waals surface area (Å²) in [6, 6.07) is 5.54. The van der Waals surface area contributed by atoms with Crippen LogP contribution in [0.4, 0.5) is 0 Å². The number of carboxylic acid groups (broad SMARTS) is 1. The van der Waals surface area contributed by atoms with E-state index in [0.29, 0.717) is 25.3 Å². The lowest BCUT2D eigenvalue weighted by atomic mass is 9.94. The van der Waals surface area contributed by atoms with Crippen molar-refractivity contribution >= 4 is 22.8 Å². The Balaban J connectivity index is 1.48. The Hall–Kier alpha value is -2.30. The summed E-state index contributed by atoms with van der Waals surface area (Å²) < 4.78 is 0. The van der Waals surface area contributed by atoms with Gasteiger partial charge >= 0.3 is 5.97 Å². The fraction of sp³-hybridized carbons (Fsp3) is 0.500. The highest BCUT2D eigenvalue weighted by Crippen LogP contribution is 2.42. The Bertz CT molecular complexity index is 825. The standard InChI is InChI=1S/C20H24N2O3/c1-12-4-2-6-15-13(10-21-18(12)15)8-9-17(23)22-11-14-5-3-7-16(14)19(22)20(24)25/h2,4,6,10,14,16,19,21H,3,5,7-9,11H2,1H3,(H,24,25). The number of aromatic amines is 1. The van der Waals surface area contributed by atoms with E-state index >= 15 is 0 Å². The Morgan fingerprint density at radius 3 is 2.96 bits per heavy atom. The van der Waals surface area contributed by atoms with Gasteiger partial charge in [0.25, 0.3) is 0 Å². The molecule has 1 aromatic carbocycles. The average Bonchev–Trinajstić information content (AvgIpc) is 3.26. The smallest absolute Gasteiger partial charge is 0.326 e. The van der Waals surface area contributed by atoms with Crippen molar-refractivity contribution in [3.63, 3.8) is 0 Å². The number of likely N-dealkylation sites (tertiary alicyclic amines) is 1. The summed E-state index contributed by atoms with van der Waals surface area (Å²) in [6.07, 6.45) is 6.06. The topological polar surface area (TPSA) is 73.4 Å². The van der Waals surface area contributed by atoms with Crippen LogP contribution in [0.25, 0.3) is 10.9 Å². The first-order valence-electron chi connectivity index (χ1n) is 9.14. The zero-order valence-corrected chi connectivity index (χ0v) is 14.5. The zero-order valence-electron chi connectivity index (χ0n) is 14.5. The van der Waals surface area contributed by atoms with Crippen LogP contribution in [0.1, 0.15) is 36.8 Å². The molecule has 1 aliphatic carbocycles. The number of aliphatic carboxylic acids is 1. The van der Waals surface area contributed by atoms with Gasteiger partial charge in [-0.25, -0.2) is 4.79 Å². The van der Waals surface area contributed by atoms with E-state index in [1.165, 1.54) is 5.56 Å². The van der Waals surface area contributed by atoms with Crippen molar-refractivity contribution in [3.8, 4) is 0 Å². The number of benzene rings is 1. The molecule has 1 amide bonds. The number of aromatic nitrogens is 1. The van der Waals surface area contributed by atoms with Crippen LogP contribution in [0.3, 0.4) is 0 Å². The number of nitrogens with one attached hydrogen (secondary N) is 1. The Morgan fingerprint density at radius 2 is 2.16 bits per heavy atom. The monoisotopic (exact) mass is 340 g/mol. The molecule has 1 aliphatic heterocycles. The largest absolute Gasteiger partial charge is 0.480 e. The van der Waals surface area contributed by atoms with Gasteiger partial charge in [-0.05, 0) is 49.1 Å². The lowest BCUT2D eigenvalue weighted by Crippen LogP contribution is -2.43. The van der Waals surface area contributed by atoms with Gasteiger partial charge in [0.05, 0.1) is 0 Å². The van der Waals surface area contributed by atoms with Gasteiger partial charge in [0.1, 0.15) is 6.04 Å². The second-order valence-corrected chi connectivity index (χ2v) is 7.50. The lowest BCUT2D eigenvalue weighted by molar-refractivity contribution is -0.149. The molecular weight excluding hydrogens is 316 g/mol. The zero-order chi connectivity index (χ0) is 17.6. The molecule has 5 nitrogen and oxygen atoms in total. The molecule has 25 heavy (non-hydrogen) atoms. The van der Waals surface area contributed by atoms with Gasteiger partial charge in [0.2, 0.25) is 5.91 Å². The maximum Gasteiger partial charge on any atom is 0.326 e. The number of amides is 1. The van der Waals surface area contributed by atoms with E-state index in [4.69, 9.17) is 0 Å². The van der Waals surface area contributed by atoms with Gasteiger partial charge in [-0.3, -0.25) is 4.79 Å². The third-order valence-electron chi connectivity index (χ3n) is 6.08. The van der Waals surface area contributed by atoms with E-state index in [2.05, 4.69) is 24.0 Å². The van der Waals surface area contributed by atoms with Crippen LogP contribution >= 0.6 is 0 Å². The van der Waals surface area contributed by atoms with E-state index < -0.39 is 12.0 Å². The van der Waals surface area contributed by atoms with Crippen molar-refractivity contribution in [2.24, 2.45) is 11.8 Å². The summed E-state index contributed by atoms with van der Waals surface area (Å²) in [7, 11) is 0. The van der Waals surface area contributed by atoms with Crippen molar-refractivity contribution in [3.05, 3.63) is 35.5 Å². The predicted molar refractivity (Wildman–Crippen MR) is 95.3 cm³/mol. The van der Waals surface area contributed by atoms with Crippen LogP contribution in [0.5, 0.6) is 0 Å². The fourth-order valence-electron chi connectivity index (χ4n) is 4.83. The first kappa shape index (κ1) is 16.2. The maximum absolute atomic E-state index is 12.7. The second kappa shape index (κ2) is 6.21. The minimum atomic E-state index is -0.842. The highest BCUT2D eigenvalue weighted by Gasteiger charge is 2.49. The van der Waals surface area contributed by atoms with Crippen molar-refractivity contribution in [1.29, 1.82) is 0 Å². The van der Waals surface area contributed by atoms with Crippen molar-refractivity contribution in [2.45, 2.75) is 45.1 Å². The third-order valence-corrected chi connectivity index (χ3v) is 6.08. The summed E-state index contributed by atoms with van der Waals surface area (Å²) >= 11 is 0. The minimum absolute atomic E-state index is 0.0243. The number of carboxylic acids is 1. The van der Waals surface area contributed by atoms with E-state index in [-0.39, 0.29) is 11.8 Å². The predicted octanol–water partition coefficient (Wildman–Crippen LogP) is 3.12. The first-order chi connectivity index (χ1) is 12.1. The number of fused-ring (bicyclic) bond motifs is 2. The van der Waals surface area contributed by atoms with Crippen LogP contribution in [0, 0.1) is 18.8 Å². The van der Waals surface area contributed by atoms with E-state index in [1.807, 2.05) is 12.3 Å². The van der Waals surface area contributed by atoms with Gasteiger partial charge in [0.15, 0.2) is 0 Å². The number of aryl methyl sites for hydroxylation is 2. The molecule has 3 atom stereocenters. The number of hydrogen-bond donors (Lipinski definition) is 2. The van der Waals surface area contributed by atoms with E-state index in [0.717, 1.165) is 35.7 Å². The van der Waals surface area contributed by atoms with Crippen LogP contribution in [-0.4, -0.2) is 39.5 Å². The molecule has 1 saturated carbocycles. The van der Waals surface area contributed by atoms with Crippen molar-refractivity contribution in [2.75, 3.05) is 6.54 Å². The number of H-pyrrole nitrogens is 1. The van der Waals surface area contributed by atoms with Crippen molar-refractivity contribution in [1.82, 2.24) is 9.88 Å². The molecule has 2 fully saturated rings. The summed E-state index contributed by atoms with van der Waals surface area (Å²) in [4.78, 5) is 29.4. The average molecular weight is 340 g/mol. The molecule has 0 spiro atoms. The molecule has 1 aromatic heterocycles. The van der Waals surface area contributed by atoms with Gasteiger partial charge in [-0.2, -0.15) is 0 Å². The van der Waals surface area contributed by atoms with Gasteiger partial charge < -0.3 is 15.0 Å². The number of para-hydroxylation sites is 1. The summed E-state index contributed by atoms with van der Waals surface area (Å²) in [6.45, 7) is 2.68. The third kappa shape index (κ3) is 2.71. The van der Waals surface area contributed by atoms with E-state index in [1.54, 1.807) is 4.90 Å². The summed E-state index contributed by atoms with van der Waals surface area (Å²) in [5.74, 6) is -0.341. The Kier molecular flexibility index (Phi) is 4.02. The van der Waals surface area contributed by atoms with Crippen LogP contribution in [0.15, 0.2) is 24.4 Å². The molecule has 4 rings (SSSR count). The van der Waals surface area contributed by atoms with E-state index in [9.17, 15) is 14.7 Å². The molecule has 3 unspecified atom stereocenters. The lowest BCUT2D eigenvalue weighted by Gasteiger charge is -2.24. The molecule has 0 bridgehead atoms. The maximum atomic E-state index is 12.7. The van der Waals surface area contributed by atoms with Crippen LogP contribution < -0.4 is 0 Å². The SMILES string of the molecule is Cc1cccc2c(CCC(=O)N3CC4CCCC4C3C(=O)O)c[nH]c12. The normalized spacial score (nSPS) is 25.5. The molecular formula is C20H24N2O3. The summed E-state index contributed by atoms with van der Waals surface area (Å²) in [5, 5.41) is 10.8. The molecule has 1 saturated heterocycles. The first-order valence-corrected chi connectivity index (χ1v) is 9.14. The fourth-order valence-corrected chi connectivity index (χ4v) is 4.83. The molecule has 132 valence electrons. The second-order valence-electron chi connectivity index (χ2n) is 7.50. The quantitative estimate of drug-likeness (QED) is 0.898. The van der Waals surface area contributed by atoms with Crippen LogP contribution in [-0.2, 0) is 16.0 Å². The number of rotatable bonds is 4. The number of hydrogen-bond acceptors (Lipinski definition) is 2. The number of nitrogens with zero attached hydrogens (tertiary/aromatic N) is 1. The molecule has 2 N–H and O–H groups in total. The highest BCUT2D eigenvalue weighted by atomic mass is 16.4. The Labute approximate surface area is 147 Å². The minimum Gasteiger partial charge on any atom is -0.480 e. The molecule has 2 aliphatic rings. The molecule has 2 aromatic rings. The van der Waals surface area contributed by atoms with Gasteiger partial charge in [-0.15, -0.1) is 0 Å². The van der Waals surface area contributed by atoms with Crippen molar-refractivity contribution < 1.29 is 14.7 Å². The summed E-state index contributed by atoms with van der Waals surface area (Å²) in [5.41, 5.74) is 3.43. The molecule has 2 heterocycles. The highest BCUT2D eigenvalue weighted by molar-refractivity contribution is 5.88. The molecule has 0 radical (unpaired) electrons. The number of carbonyl (C=O) groups excluding carboxylic acids is 1. The van der Waals surface area contributed by atoms with Crippen LogP contribution in [0.2, 0.25) is 0 Å². The van der Waals surface area contributed by atoms with Gasteiger partial charge in [0, 0.05) is 30.1 Å². The molecule has 5 heteroatoms.